The molecule has 0 saturated carbocycles. The van der Waals surface area contributed by atoms with E-state index >= 15 is 0 Å². The van der Waals surface area contributed by atoms with Gasteiger partial charge in [-0.3, -0.25) is 9.78 Å². The molecule has 2 rings (SSSR count). The summed E-state index contributed by atoms with van der Waals surface area (Å²) in [7, 11) is 0. The zero-order chi connectivity index (χ0) is 14.7. The van der Waals surface area contributed by atoms with Crippen molar-refractivity contribution < 1.29 is 4.79 Å². The zero-order valence-electron chi connectivity index (χ0n) is 11.9. The van der Waals surface area contributed by atoms with Crippen molar-refractivity contribution in [3.63, 3.8) is 0 Å². The van der Waals surface area contributed by atoms with E-state index in [0.717, 1.165) is 15.7 Å². The highest BCUT2D eigenvalue weighted by Gasteiger charge is 2.15. The van der Waals surface area contributed by atoms with Gasteiger partial charge in [0.05, 0.1) is 12.2 Å². The summed E-state index contributed by atoms with van der Waals surface area (Å²) in [6.45, 7) is 6.52. The third-order valence-electron chi connectivity index (χ3n) is 3.14. The number of hydrogen-bond donors (Lipinski definition) is 1. The lowest BCUT2D eigenvalue weighted by atomic mass is 10.2. The number of hydrogen-bond acceptors (Lipinski definition) is 2. The molecule has 0 aliphatic rings. The highest BCUT2D eigenvalue weighted by atomic mass is 79.9. The molecular formula is C15H18BrN3O. The van der Waals surface area contributed by atoms with Gasteiger partial charge in [0, 0.05) is 22.9 Å². The molecule has 0 fully saturated rings. The molecule has 0 aliphatic heterocycles. The molecule has 1 N–H and O–H groups in total. The van der Waals surface area contributed by atoms with Crippen molar-refractivity contribution in [2.24, 2.45) is 0 Å². The molecule has 1 amide bonds. The fourth-order valence-electron chi connectivity index (χ4n) is 2.01. The Morgan fingerprint density at radius 1 is 1.50 bits per heavy atom. The van der Waals surface area contributed by atoms with Crippen LogP contribution in [0.4, 0.5) is 0 Å². The molecule has 0 spiro atoms. The monoisotopic (exact) mass is 335 g/mol. The second kappa shape index (κ2) is 6.22. The summed E-state index contributed by atoms with van der Waals surface area (Å²) >= 11 is 3.41. The number of rotatable bonds is 4. The summed E-state index contributed by atoms with van der Waals surface area (Å²) in [5, 5.41) is 2.92. The van der Waals surface area contributed by atoms with Crippen LogP contribution in [0.15, 0.2) is 35.1 Å². The summed E-state index contributed by atoms with van der Waals surface area (Å²) in [6.07, 6.45) is 3.66. The number of aryl methyl sites for hydroxylation is 1. The van der Waals surface area contributed by atoms with Crippen LogP contribution in [0.3, 0.4) is 0 Å². The lowest BCUT2D eigenvalue weighted by Gasteiger charge is -2.13. The SMILES string of the molecule is Cc1cccnc1CNC(=O)c1cc(Br)cn1C(C)C. The largest absolute Gasteiger partial charge is 0.345 e. The summed E-state index contributed by atoms with van der Waals surface area (Å²) in [5.74, 6) is -0.0885. The maximum absolute atomic E-state index is 12.3. The minimum Gasteiger partial charge on any atom is -0.345 e. The molecule has 20 heavy (non-hydrogen) atoms. The van der Waals surface area contributed by atoms with Crippen molar-refractivity contribution in [3.05, 3.63) is 52.0 Å². The Balaban J connectivity index is 2.11. The third kappa shape index (κ3) is 3.28. The van der Waals surface area contributed by atoms with Gasteiger partial charge in [0.1, 0.15) is 5.69 Å². The zero-order valence-corrected chi connectivity index (χ0v) is 13.4. The van der Waals surface area contributed by atoms with E-state index in [1.807, 2.05) is 49.7 Å². The minimum atomic E-state index is -0.0885. The minimum absolute atomic E-state index is 0.0885. The highest BCUT2D eigenvalue weighted by molar-refractivity contribution is 9.10. The molecule has 2 aromatic rings. The van der Waals surface area contributed by atoms with E-state index in [2.05, 4.69) is 26.2 Å². The van der Waals surface area contributed by atoms with Gasteiger partial charge < -0.3 is 9.88 Å². The number of carbonyl (C=O) groups excluding carboxylic acids is 1. The Bertz CT molecular complexity index is 619. The van der Waals surface area contributed by atoms with Crippen LogP contribution < -0.4 is 5.32 Å². The topological polar surface area (TPSA) is 46.9 Å². The van der Waals surface area contributed by atoms with E-state index in [-0.39, 0.29) is 11.9 Å². The first-order valence-electron chi connectivity index (χ1n) is 6.55. The Morgan fingerprint density at radius 2 is 2.25 bits per heavy atom. The lowest BCUT2D eigenvalue weighted by Crippen LogP contribution is -2.26. The van der Waals surface area contributed by atoms with Gasteiger partial charge in [0.15, 0.2) is 0 Å². The number of nitrogens with one attached hydrogen (secondary N) is 1. The Hall–Kier alpha value is -1.62. The number of pyridine rings is 1. The maximum atomic E-state index is 12.3. The Labute approximate surface area is 127 Å². The smallest absolute Gasteiger partial charge is 0.268 e. The number of halogens is 1. The van der Waals surface area contributed by atoms with E-state index in [4.69, 9.17) is 0 Å². The first kappa shape index (κ1) is 14.8. The summed E-state index contributed by atoms with van der Waals surface area (Å²) in [5.41, 5.74) is 2.62. The second-order valence-electron chi connectivity index (χ2n) is 4.99. The third-order valence-corrected chi connectivity index (χ3v) is 3.57. The molecule has 5 heteroatoms. The molecule has 0 aromatic carbocycles. The molecule has 106 valence electrons. The highest BCUT2D eigenvalue weighted by Crippen LogP contribution is 2.19. The molecule has 4 nitrogen and oxygen atoms in total. The van der Waals surface area contributed by atoms with E-state index in [9.17, 15) is 4.79 Å². The van der Waals surface area contributed by atoms with E-state index < -0.39 is 0 Å². The van der Waals surface area contributed by atoms with E-state index in [0.29, 0.717) is 12.2 Å². The van der Waals surface area contributed by atoms with Crippen molar-refractivity contribution in [1.29, 1.82) is 0 Å². The molecule has 0 bridgehead atoms. The Morgan fingerprint density at radius 3 is 2.90 bits per heavy atom. The molecule has 0 saturated heterocycles. The number of nitrogens with zero attached hydrogens (tertiary/aromatic N) is 2. The fraction of sp³-hybridized carbons (Fsp3) is 0.333. The van der Waals surface area contributed by atoms with Crippen LogP contribution in [0.5, 0.6) is 0 Å². The van der Waals surface area contributed by atoms with Gasteiger partial charge >= 0.3 is 0 Å². The van der Waals surface area contributed by atoms with Crippen molar-refractivity contribution in [2.45, 2.75) is 33.4 Å². The lowest BCUT2D eigenvalue weighted by molar-refractivity contribution is 0.0939. The van der Waals surface area contributed by atoms with Crippen LogP contribution >= 0.6 is 15.9 Å². The fourth-order valence-corrected chi connectivity index (χ4v) is 2.45. The molecule has 0 atom stereocenters. The van der Waals surface area contributed by atoms with Gasteiger partial charge in [-0.2, -0.15) is 0 Å². The van der Waals surface area contributed by atoms with Crippen molar-refractivity contribution >= 4 is 21.8 Å². The average Bonchev–Trinajstić information content (AvgIpc) is 2.80. The average molecular weight is 336 g/mol. The van der Waals surface area contributed by atoms with Gasteiger partial charge in [0.2, 0.25) is 0 Å². The molecular weight excluding hydrogens is 318 g/mol. The second-order valence-corrected chi connectivity index (χ2v) is 5.91. The van der Waals surface area contributed by atoms with Crippen LogP contribution in [0.2, 0.25) is 0 Å². The standard InChI is InChI=1S/C15H18BrN3O/c1-10(2)19-9-12(16)7-14(19)15(20)18-8-13-11(3)5-4-6-17-13/h4-7,9-10H,8H2,1-3H3,(H,18,20). The van der Waals surface area contributed by atoms with Gasteiger partial charge in [-0.1, -0.05) is 6.07 Å². The van der Waals surface area contributed by atoms with Gasteiger partial charge in [-0.05, 0) is 54.4 Å². The van der Waals surface area contributed by atoms with Crippen LogP contribution in [0.25, 0.3) is 0 Å². The number of aromatic nitrogens is 2. The Kier molecular flexibility index (Phi) is 4.60. The first-order chi connectivity index (χ1) is 9.49. The quantitative estimate of drug-likeness (QED) is 0.929. The maximum Gasteiger partial charge on any atom is 0.268 e. The summed E-state index contributed by atoms with van der Waals surface area (Å²) in [6, 6.07) is 5.95. The first-order valence-corrected chi connectivity index (χ1v) is 7.34. The predicted octanol–water partition coefficient (Wildman–Crippen LogP) is 3.46. The van der Waals surface area contributed by atoms with Crippen molar-refractivity contribution in [3.8, 4) is 0 Å². The van der Waals surface area contributed by atoms with Crippen molar-refractivity contribution in [1.82, 2.24) is 14.9 Å². The van der Waals surface area contributed by atoms with Crippen LogP contribution in [0, 0.1) is 6.92 Å². The normalized spacial score (nSPS) is 10.8. The molecule has 2 aromatic heterocycles. The molecule has 0 radical (unpaired) electrons. The van der Waals surface area contributed by atoms with E-state index in [1.165, 1.54) is 0 Å². The van der Waals surface area contributed by atoms with Crippen LogP contribution in [-0.4, -0.2) is 15.5 Å². The summed E-state index contributed by atoms with van der Waals surface area (Å²) in [4.78, 5) is 16.6. The van der Waals surface area contributed by atoms with E-state index in [1.54, 1.807) is 6.20 Å². The molecule has 0 unspecified atom stereocenters. The van der Waals surface area contributed by atoms with Crippen molar-refractivity contribution in [2.75, 3.05) is 0 Å². The molecule has 2 heterocycles. The van der Waals surface area contributed by atoms with Crippen LogP contribution in [-0.2, 0) is 6.54 Å². The molecule has 0 aliphatic carbocycles. The van der Waals surface area contributed by atoms with Gasteiger partial charge in [0.25, 0.3) is 5.91 Å². The van der Waals surface area contributed by atoms with Gasteiger partial charge in [-0.15, -0.1) is 0 Å². The number of carbonyl (C=O) groups is 1. The summed E-state index contributed by atoms with van der Waals surface area (Å²) < 4.78 is 2.86. The van der Waals surface area contributed by atoms with Crippen LogP contribution in [0.1, 0.15) is 41.6 Å². The predicted molar refractivity (Wildman–Crippen MR) is 82.7 cm³/mol. The number of amides is 1. The van der Waals surface area contributed by atoms with Gasteiger partial charge in [-0.25, -0.2) is 0 Å².